The van der Waals surface area contributed by atoms with Crippen molar-refractivity contribution in [3.63, 3.8) is 0 Å². The van der Waals surface area contributed by atoms with Gasteiger partial charge in [0.25, 0.3) is 0 Å². The Labute approximate surface area is 74.6 Å². The van der Waals surface area contributed by atoms with Crippen molar-refractivity contribution in [3.8, 4) is 12.3 Å². The first-order valence-electron chi connectivity index (χ1n) is 4.21. The molecular formula is C9H18N2O. The molecule has 0 saturated heterocycles. The SMILES string of the molecule is C#CC(NN)C(OCC)C(C)C. The van der Waals surface area contributed by atoms with E-state index in [0.717, 1.165) is 0 Å². The molecule has 0 aliphatic carbocycles. The van der Waals surface area contributed by atoms with E-state index in [4.69, 9.17) is 17.0 Å². The van der Waals surface area contributed by atoms with Crippen molar-refractivity contribution in [2.24, 2.45) is 11.8 Å². The second kappa shape index (κ2) is 6.01. The first-order chi connectivity index (χ1) is 5.67. The molecule has 0 heterocycles. The molecule has 3 heteroatoms. The molecule has 0 aliphatic rings. The molecule has 0 bridgehead atoms. The third kappa shape index (κ3) is 3.22. The van der Waals surface area contributed by atoms with Crippen LogP contribution in [0.1, 0.15) is 20.8 Å². The number of ether oxygens (including phenoxy) is 1. The average Bonchev–Trinajstić information content (AvgIpc) is 2.05. The van der Waals surface area contributed by atoms with Crippen molar-refractivity contribution < 1.29 is 4.74 Å². The van der Waals surface area contributed by atoms with Crippen LogP contribution in [0.15, 0.2) is 0 Å². The minimum absolute atomic E-state index is 0.00926. The van der Waals surface area contributed by atoms with E-state index in [1.165, 1.54) is 0 Å². The van der Waals surface area contributed by atoms with Crippen molar-refractivity contribution in [2.75, 3.05) is 6.61 Å². The first kappa shape index (κ1) is 11.4. The Bertz CT molecular complexity index is 151. The van der Waals surface area contributed by atoms with Crippen LogP contribution in [-0.2, 0) is 4.74 Å². The van der Waals surface area contributed by atoms with E-state index >= 15 is 0 Å². The van der Waals surface area contributed by atoms with Crippen LogP contribution in [-0.4, -0.2) is 18.8 Å². The van der Waals surface area contributed by atoms with Gasteiger partial charge in [-0.15, -0.1) is 6.42 Å². The summed E-state index contributed by atoms with van der Waals surface area (Å²) in [4.78, 5) is 0. The summed E-state index contributed by atoms with van der Waals surface area (Å²) in [5, 5.41) is 0. The number of rotatable bonds is 5. The van der Waals surface area contributed by atoms with Gasteiger partial charge >= 0.3 is 0 Å². The smallest absolute Gasteiger partial charge is 0.108 e. The summed E-state index contributed by atoms with van der Waals surface area (Å²) >= 11 is 0. The van der Waals surface area contributed by atoms with E-state index in [1.807, 2.05) is 6.92 Å². The van der Waals surface area contributed by atoms with Crippen LogP contribution in [0.2, 0.25) is 0 Å². The fourth-order valence-electron chi connectivity index (χ4n) is 1.10. The van der Waals surface area contributed by atoms with E-state index in [0.29, 0.717) is 12.5 Å². The zero-order valence-corrected chi connectivity index (χ0v) is 8.00. The molecule has 0 aromatic heterocycles. The van der Waals surface area contributed by atoms with Gasteiger partial charge in [0, 0.05) is 6.61 Å². The molecule has 0 radical (unpaired) electrons. The zero-order chi connectivity index (χ0) is 9.56. The highest BCUT2D eigenvalue weighted by atomic mass is 16.5. The van der Waals surface area contributed by atoms with Crippen LogP contribution < -0.4 is 11.3 Å². The first-order valence-corrected chi connectivity index (χ1v) is 4.21. The Kier molecular flexibility index (Phi) is 5.73. The van der Waals surface area contributed by atoms with Gasteiger partial charge in [-0.25, -0.2) is 5.43 Å². The van der Waals surface area contributed by atoms with Crippen molar-refractivity contribution >= 4 is 0 Å². The van der Waals surface area contributed by atoms with Crippen molar-refractivity contribution in [2.45, 2.75) is 32.9 Å². The van der Waals surface area contributed by atoms with E-state index in [9.17, 15) is 0 Å². The maximum Gasteiger partial charge on any atom is 0.108 e. The lowest BCUT2D eigenvalue weighted by Gasteiger charge is -2.25. The number of nitrogens with one attached hydrogen (secondary N) is 1. The highest BCUT2D eigenvalue weighted by Gasteiger charge is 2.21. The summed E-state index contributed by atoms with van der Waals surface area (Å²) in [6.45, 7) is 6.71. The molecule has 2 unspecified atom stereocenters. The Morgan fingerprint density at radius 3 is 2.42 bits per heavy atom. The largest absolute Gasteiger partial charge is 0.376 e. The van der Waals surface area contributed by atoms with Gasteiger partial charge in [0.05, 0.1) is 6.10 Å². The second-order valence-electron chi connectivity index (χ2n) is 2.97. The topological polar surface area (TPSA) is 47.3 Å². The molecule has 2 atom stereocenters. The Morgan fingerprint density at radius 1 is 1.58 bits per heavy atom. The van der Waals surface area contributed by atoms with Gasteiger partial charge in [-0.05, 0) is 12.8 Å². The van der Waals surface area contributed by atoms with Crippen molar-refractivity contribution in [1.29, 1.82) is 0 Å². The third-order valence-corrected chi connectivity index (χ3v) is 1.70. The van der Waals surface area contributed by atoms with E-state index in [2.05, 4.69) is 25.2 Å². The molecule has 0 spiro atoms. The van der Waals surface area contributed by atoms with E-state index in [-0.39, 0.29) is 12.1 Å². The monoisotopic (exact) mass is 170 g/mol. The molecule has 12 heavy (non-hydrogen) atoms. The summed E-state index contributed by atoms with van der Waals surface area (Å²) in [6, 6.07) is -0.204. The lowest BCUT2D eigenvalue weighted by atomic mass is 10.0. The molecule has 0 aliphatic heterocycles. The van der Waals surface area contributed by atoms with Gasteiger partial charge in [0.15, 0.2) is 0 Å². The fraction of sp³-hybridized carbons (Fsp3) is 0.778. The van der Waals surface area contributed by atoms with Gasteiger partial charge in [-0.2, -0.15) is 0 Å². The Hall–Kier alpha value is -0.560. The molecule has 3 nitrogen and oxygen atoms in total. The summed E-state index contributed by atoms with van der Waals surface area (Å²) < 4.78 is 5.46. The number of hydrazine groups is 1. The van der Waals surface area contributed by atoms with Crippen LogP contribution >= 0.6 is 0 Å². The van der Waals surface area contributed by atoms with Gasteiger partial charge in [0.1, 0.15) is 6.04 Å². The molecule has 3 N–H and O–H groups in total. The van der Waals surface area contributed by atoms with Crippen LogP contribution in [0.3, 0.4) is 0 Å². The zero-order valence-electron chi connectivity index (χ0n) is 8.00. The maximum atomic E-state index is 5.46. The lowest BCUT2D eigenvalue weighted by molar-refractivity contribution is 0.0166. The quantitative estimate of drug-likeness (QED) is 0.359. The summed E-state index contributed by atoms with van der Waals surface area (Å²) in [5.41, 5.74) is 2.56. The maximum absolute atomic E-state index is 5.46. The predicted molar refractivity (Wildman–Crippen MR) is 50.2 cm³/mol. The third-order valence-electron chi connectivity index (χ3n) is 1.70. The number of terminal acetylenes is 1. The van der Waals surface area contributed by atoms with Crippen molar-refractivity contribution in [1.82, 2.24) is 5.43 Å². The molecule has 0 rings (SSSR count). The highest BCUT2D eigenvalue weighted by Crippen LogP contribution is 2.10. The van der Waals surface area contributed by atoms with Crippen molar-refractivity contribution in [3.05, 3.63) is 0 Å². The van der Waals surface area contributed by atoms with Crippen LogP contribution in [0.25, 0.3) is 0 Å². The molecule has 0 aromatic carbocycles. The van der Waals surface area contributed by atoms with Crippen LogP contribution in [0, 0.1) is 18.3 Å². The lowest BCUT2D eigenvalue weighted by Crippen LogP contribution is -2.46. The van der Waals surface area contributed by atoms with E-state index in [1.54, 1.807) is 0 Å². The van der Waals surface area contributed by atoms with Gasteiger partial charge in [0.2, 0.25) is 0 Å². The van der Waals surface area contributed by atoms with Gasteiger partial charge in [-0.3, -0.25) is 5.84 Å². The van der Waals surface area contributed by atoms with Gasteiger partial charge in [-0.1, -0.05) is 19.8 Å². The average molecular weight is 170 g/mol. The molecule has 0 fully saturated rings. The minimum atomic E-state index is -0.204. The predicted octanol–water partition coefficient (Wildman–Crippen LogP) is 0.513. The summed E-state index contributed by atoms with van der Waals surface area (Å²) in [5.74, 6) is 8.20. The fourth-order valence-corrected chi connectivity index (χ4v) is 1.10. The standard InChI is InChI=1S/C9H18N2O/c1-5-8(11-10)9(7(3)4)12-6-2/h1,7-9,11H,6,10H2,2-4H3. The summed E-state index contributed by atoms with van der Waals surface area (Å²) in [6.07, 6.45) is 5.27. The molecule has 70 valence electrons. The van der Waals surface area contributed by atoms with Gasteiger partial charge < -0.3 is 4.74 Å². The number of hydrogen-bond donors (Lipinski definition) is 2. The molecule has 0 aromatic rings. The minimum Gasteiger partial charge on any atom is -0.376 e. The second-order valence-corrected chi connectivity index (χ2v) is 2.97. The summed E-state index contributed by atoms with van der Waals surface area (Å²) in [7, 11) is 0. The highest BCUT2D eigenvalue weighted by molar-refractivity contribution is 5.02. The normalized spacial score (nSPS) is 15.7. The Morgan fingerprint density at radius 2 is 2.17 bits per heavy atom. The van der Waals surface area contributed by atoms with Crippen LogP contribution in [0.5, 0.6) is 0 Å². The molecule has 0 saturated carbocycles. The Balaban J connectivity index is 4.17. The van der Waals surface area contributed by atoms with Crippen LogP contribution in [0.4, 0.5) is 0 Å². The molecular weight excluding hydrogens is 152 g/mol. The van der Waals surface area contributed by atoms with E-state index < -0.39 is 0 Å². The number of nitrogens with two attached hydrogens (primary N) is 1. The number of hydrogen-bond acceptors (Lipinski definition) is 3. The molecule has 0 amide bonds.